The number of hydrazone groups is 1. The first kappa shape index (κ1) is 23.0. The Morgan fingerprint density at radius 3 is 2.70 bits per heavy atom. The molecule has 0 unspecified atom stereocenters. The van der Waals surface area contributed by atoms with Crippen LogP contribution in [0.2, 0.25) is 0 Å². The van der Waals surface area contributed by atoms with Crippen molar-refractivity contribution >= 4 is 12.1 Å². The summed E-state index contributed by atoms with van der Waals surface area (Å²) >= 11 is 0. The van der Waals surface area contributed by atoms with Crippen molar-refractivity contribution in [3.05, 3.63) is 66.2 Å². The number of hydrogen-bond donors (Lipinski definition) is 1. The third-order valence-electron chi connectivity index (χ3n) is 4.29. The Balaban J connectivity index is 1.85. The second-order valence-electron chi connectivity index (χ2n) is 6.65. The first-order valence-corrected chi connectivity index (χ1v) is 10.1. The molecule has 0 atom stereocenters. The van der Waals surface area contributed by atoms with Gasteiger partial charge in [-0.05, 0) is 48.2 Å². The highest BCUT2D eigenvalue weighted by Crippen LogP contribution is 2.27. The zero-order valence-corrected chi connectivity index (χ0v) is 17.7. The lowest BCUT2D eigenvalue weighted by molar-refractivity contribution is -0.123. The zero-order valence-electron chi connectivity index (χ0n) is 17.7. The number of hydrogen-bond acceptors (Lipinski definition) is 5. The Labute approximate surface area is 178 Å². The van der Waals surface area contributed by atoms with Gasteiger partial charge in [-0.2, -0.15) is 5.10 Å². The molecule has 0 aliphatic rings. The molecule has 1 N–H and O–H groups in total. The van der Waals surface area contributed by atoms with Crippen molar-refractivity contribution in [3.63, 3.8) is 0 Å². The standard InChI is InChI=1S/C24H30N2O4/c1-4-6-9-15-29-22-14-13-19(16-23(22)28-3)17-25-26-24(27)18-30-21-12-8-7-11-20(21)10-5-2/h5,7-8,11-14,16-17H,2,4,6,9-10,15,18H2,1,3H3,(H,26,27)/b25-17-. The van der Waals surface area contributed by atoms with Crippen molar-refractivity contribution in [2.24, 2.45) is 5.10 Å². The van der Waals surface area contributed by atoms with E-state index in [0.29, 0.717) is 30.3 Å². The van der Waals surface area contributed by atoms with Crippen LogP contribution in [0.3, 0.4) is 0 Å². The monoisotopic (exact) mass is 410 g/mol. The van der Waals surface area contributed by atoms with Gasteiger partial charge in [0.1, 0.15) is 5.75 Å². The maximum Gasteiger partial charge on any atom is 0.277 e. The molecule has 0 bridgehead atoms. The molecule has 0 spiro atoms. The van der Waals surface area contributed by atoms with Gasteiger partial charge in [0.25, 0.3) is 5.91 Å². The fourth-order valence-corrected chi connectivity index (χ4v) is 2.74. The Bertz CT molecular complexity index is 849. The molecular formula is C24H30N2O4. The number of methoxy groups -OCH3 is 1. The van der Waals surface area contributed by atoms with Crippen LogP contribution >= 0.6 is 0 Å². The number of nitrogens with zero attached hydrogens (tertiary/aromatic N) is 1. The Kier molecular flexibility index (Phi) is 10.00. The van der Waals surface area contributed by atoms with Gasteiger partial charge >= 0.3 is 0 Å². The molecule has 160 valence electrons. The minimum absolute atomic E-state index is 0.126. The summed E-state index contributed by atoms with van der Waals surface area (Å²) in [5, 5.41) is 3.99. The molecule has 0 aromatic heterocycles. The van der Waals surface area contributed by atoms with Crippen molar-refractivity contribution in [2.75, 3.05) is 20.3 Å². The summed E-state index contributed by atoms with van der Waals surface area (Å²) < 4.78 is 16.7. The van der Waals surface area contributed by atoms with E-state index in [1.165, 1.54) is 0 Å². The zero-order chi connectivity index (χ0) is 21.6. The topological polar surface area (TPSA) is 69.2 Å². The number of allylic oxidation sites excluding steroid dienone is 1. The van der Waals surface area contributed by atoms with E-state index in [1.807, 2.05) is 42.5 Å². The van der Waals surface area contributed by atoms with Crippen molar-refractivity contribution in [1.29, 1.82) is 0 Å². The molecule has 0 fully saturated rings. The quantitative estimate of drug-likeness (QED) is 0.228. The molecule has 0 radical (unpaired) electrons. The van der Waals surface area contributed by atoms with Crippen LogP contribution in [0.1, 0.15) is 37.3 Å². The average molecular weight is 411 g/mol. The van der Waals surface area contributed by atoms with Crippen molar-refractivity contribution < 1.29 is 19.0 Å². The highest BCUT2D eigenvalue weighted by Gasteiger charge is 2.07. The lowest BCUT2D eigenvalue weighted by Gasteiger charge is -2.11. The molecule has 1 amide bonds. The first-order chi connectivity index (χ1) is 14.7. The minimum Gasteiger partial charge on any atom is -0.493 e. The van der Waals surface area contributed by atoms with E-state index in [-0.39, 0.29) is 12.5 Å². The van der Waals surface area contributed by atoms with Crippen molar-refractivity contribution in [1.82, 2.24) is 5.43 Å². The van der Waals surface area contributed by atoms with E-state index in [1.54, 1.807) is 19.4 Å². The van der Waals surface area contributed by atoms with Crippen LogP contribution in [-0.4, -0.2) is 32.4 Å². The van der Waals surface area contributed by atoms with E-state index in [4.69, 9.17) is 14.2 Å². The van der Waals surface area contributed by atoms with E-state index in [0.717, 1.165) is 30.4 Å². The second-order valence-corrected chi connectivity index (χ2v) is 6.65. The average Bonchev–Trinajstić information content (AvgIpc) is 2.77. The number of para-hydroxylation sites is 1. The summed E-state index contributed by atoms with van der Waals surface area (Å²) in [6.07, 6.45) is 7.31. The fourth-order valence-electron chi connectivity index (χ4n) is 2.74. The predicted octanol–water partition coefficient (Wildman–Crippen LogP) is 4.52. The molecule has 6 heteroatoms. The smallest absolute Gasteiger partial charge is 0.277 e. The normalized spacial score (nSPS) is 10.6. The number of rotatable bonds is 13. The molecule has 2 rings (SSSR count). The van der Waals surface area contributed by atoms with Crippen LogP contribution in [-0.2, 0) is 11.2 Å². The van der Waals surface area contributed by atoms with Crippen molar-refractivity contribution in [2.45, 2.75) is 32.6 Å². The highest BCUT2D eigenvalue weighted by molar-refractivity contribution is 5.83. The number of unbranched alkanes of at least 4 members (excludes halogenated alkanes) is 2. The van der Waals surface area contributed by atoms with Gasteiger partial charge in [0.05, 0.1) is 19.9 Å². The maximum absolute atomic E-state index is 12.0. The van der Waals surface area contributed by atoms with Gasteiger partial charge in [0, 0.05) is 0 Å². The maximum atomic E-state index is 12.0. The van der Waals surface area contributed by atoms with Crippen LogP contribution in [0.5, 0.6) is 17.2 Å². The van der Waals surface area contributed by atoms with Crippen LogP contribution in [0.25, 0.3) is 0 Å². The van der Waals surface area contributed by atoms with E-state index in [9.17, 15) is 4.79 Å². The number of nitrogens with one attached hydrogen (secondary N) is 1. The largest absolute Gasteiger partial charge is 0.493 e. The van der Waals surface area contributed by atoms with Gasteiger partial charge in [-0.3, -0.25) is 4.79 Å². The Morgan fingerprint density at radius 2 is 1.93 bits per heavy atom. The summed E-state index contributed by atoms with van der Waals surface area (Å²) in [5.41, 5.74) is 4.23. The first-order valence-electron chi connectivity index (χ1n) is 10.1. The molecule has 0 saturated carbocycles. The predicted molar refractivity (Wildman–Crippen MR) is 120 cm³/mol. The van der Waals surface area contributed by atoms with Crippen LogP contribution < -0.4 is 19.6 Å². The highest BCUT2D eigenvalue weighted by atomic mass is 16.5. The van der Waals surface area contributed by atoms with Gasteiger partial charge in [-0.1, -0.05) is 44.0 Å². The summed E-state index contributed by atoms with van der Waals surface area (Å²) in [6, 6.07) is 13.1. The SMILES string of the molecule is C=CCc1ccccc1OCC(=O)N/N=C\c1ccc(OCCCCC)c(OC)c1. The number of amides is 1. The summed E-state index contributed by atoms with van der Waals surface area (Å²) in [7, 11) is 1.60. The van der Waals surface area contributed by atoms with Gasteiger partial charge < -0.3 is 14.2 Å². The second kappa shape index (κ2) is 13.0. The summed E-state index contributed by atoms with van der Waals surface area (Å²) in [6.45, 7) is 6.42. The van der Waals surface area contributed by atoms with Crippen molar-refractivity contribution in [3.8, 4) is 17.2 Å². The molecule has 6 nitrogen and oxygen atoms in total. The van der Waals surface area contributed by atoms with Crippen LogP contribution in [0, 0.1) is 0 Å². The Morgan fingerprint density at radius 1 is 1.10 bits per heavy atom. The van der Waals surface area contributed by atoms with E-state index < -0.39 is 0 Å². The lowest BCUT2D eigenvalue weighted by Crippen LogP contribution is -2.24. The fraction of sp³-hybridized carbons (Fsp3) is 0.333. The molecular weight excluding hydrogens is 380 g/mol. The van der Waals surface area contributed by atoms with Crippen LogP contribution in [0.4, 0.5) is 0 Å². The third-order valence-corrected chi connectivity index (χ3v) is 4.29. The number of benzene rings is 2. The molecule has 0 aliphatic carbocycles. The molecule has 0 heterocycles. The molecule has 30 heavy (non-hydrogen) atoms. The Hall–Kier alpha value is -3.28. The minimum atomic E-state index is -0.345. The molecule has 2 aromatic rings. The van der Waals surface area contributed by atoms with E-state index in [2.05, 4.69) is 24.0 Å². The number of carbonyl (C=O) groups is 1. The molecule has 0 saturated heterocycles. The number of ether oxygens (including phenoxy) is 3. The van der Waals surface area contributed by atoms with Crippen LogP contribution in [0.15, 0.2) is 60.2 Å². The van der Waals surface area contributed by atoms with Gasteiger partial charge in [0.2, 0.25) is 0 Å². The van der Waals surface area contributed by atoms with E-state index >= 15 is 0 Å². The third kappa shape index (κ3) is 7.62. The molecule has 2 aromatic carbocycles. The lowest BCUT2D eigenvalue weighted by atomic mass is 10.1. The summed E-state index contributed by atoms with van der Waals surface area (Å²) in [4.78, 5) is 12.0. The van der Waals surface area contributed by atoms with Gasteiger partial charge in [-0.25, -0.2) is 5.43 Å². The number of carbonyl (C=O) groups excluding carboxylic acids is 1. The van der Waals surface area contributed by atoms with Gasteiger partial charge in [0.15, 0.2) is 18.1 Å². The van der Waals surface area contributed by atoms with Gasteiger partial charge in [-0.15, -0.1) is 6.58 Å². The summed E-state index contributed by atoms with van der Waals surface area (Å²) in [5.74, 6) is 1.64. The molecule has 0 aliphatic heterocycles.